The number of fused-ring (bicyclic) bond motifs is 1. The maximum atomic E-state index is 13.1. The lowest BCUT2D eigenvalue weighted by Gasteiger charge is -2.05. The topological polar surface area (TPSA) is 59.3 Å². The molecule has 0 bridgehead atoms. The van der Waals surface area contributed by atoms with Gasteiger partial charge in [0.1, 0.15) is 11.8 Å². The second-order valence-corrected chi connectivity index (χ2v) is 5.98. The number of alkyl halides is 1. The number of hydrogen-bond acceptors (Lipinski definition) is 3. The second kappa shape index (κ2) is 5.36. The Kier molecular flexibility index (Phi) is 3.30. The van der Waals surface area contributed by atoms with Crippen molar-refractivity contribution in [3.63, 3.8) is 0 Å². The number of nitrogens with zero attached hydrogens (tertiary/aromatic N) is 3. The molecule has 5 nitrogen and oxygen atoms in total. The van der Waals surface area contributed by atoms with Gasteiger partial charge in [-0.25, -0.2) is 14.4 Å². The van der Waals surface area contributed by atoms with Crippen LogP contribution in [0, 0.1) is 18.8 Å². The highest BCUT2D eigenvalue weighted by Gasteiger charge is 2.43. The van der Waals surface area contributed by atoms with Gasteiger partial charge < -0.3 is 9.72 Å². The van der Waals surface area contributed by atoms with Gasteiger partial charge in [0.2, 0.25) is 11.9 Å². The molecule has 0 saturated heterocycles. The van der Waals surface area contributed by atoms with Gasteiger partial charge in [-0.05, 0) is 37.1 Å². The summed E-state index contributed by atoms with van der Waals surface area (Å²) in [7, 11) is 0. The summed E-state index contributed by atoms with van der Waals surface area (Å²) in [5, 5.41) is 2.63. The minimum atomic E-state index is -1.04. The number of carbonyl (C=O) groups is 1. The molecular weight excluding hydrogens is 314 g/mol. The quantitative estimate of drug-likeness (QED) is 0.752. The second-order valence-electron chi connectivity index (χ2n) is 5.98. The van der Waals surface area contributed by atoms with Gasteiger partial charge in [-0.1, -0.05) is 0 Å². The predicted octanol–water partition coefficient (Wildman–Crippen LogP) is 3.14. The third-order valence-electron chi connectivity index (χ3n) is 4.14. The van der Waals surface area contributed by atoms with Gasteiger partial charge in [0.15, 0.2) is 5.82 Å². The normalized spacial score (nSPS) is 19.5. The molecule has 122 valence electrons. The van der Waals surface area contributed by atoms with Crippen molar-refractivity contribution < 1.29 is 13.6 Å². The molecule has 2 atom stereocenters. The molecule has 1 aliphatic rings. The van der Waals surface area contributed by atoms with Crippen LogP contribution < -0.4 is 5.32 Å². The van der Waals surface area contributed by atoms with Crippen molar-refractivity contribution in [1.29, 1.82) is 0 Å². The number of carbonyl (C=O) groups excluding carboxylic acids is 1. The largest absolute Gasteiger partial charge is 0.309 e. The first-order valence-corrected chi connectivity index (χ1v) is 7.57. The van der Waals surface area contributed by atoms with E-state index in [-0.39, 0.29) is 12.3 Å². The van der Waals surface area contributed by atoms with E-state index in [1.54, 1.807) is 16.7 Å². The lowest BCUT2D eigenvalue weighted by atomic mass is 10.1. The molecule has 1 aliphatic carbocycles. The predicted molar refractivity (Wildman–Crippen MR) is 84.8 cm³/mol. The number of rotatable bonds is 3. The van der Waals surface area contributed by atoms with Crippen LogP contribution in [-0.4, -0.2) is 26.4 Å². The summed E-state index contributed by atoms with van der Waals surface area (Å²) in [6.07, 6.45) is 4.22. The number of pyridine rings is 2. The first-order valence-electron chi connectivity index (χ1n) is 7.57. The fraction of sp³-hybridized carbons (Fsp3) is 0.235. The van der Waals surface area contributed by atoms with Crippen LogP contribution in [0.4, 0.5) is 14.6 Å². The molecule has 1 amide bonds. The number of hydrogen-bond donors (Lipinski definition) is 1. The molecule has 1 N–H and O–H groups in total. The Morgan fingerprint density at radius 2 is 2.17 bits per heavy atom. The van der Waals surface area contributed by atoms with Gasteiger partial charge in [-0.3, -0.25) is 4.79 Å². The lowest BCUT2D eigenvalue weighted by Crippen LogP contribution is -2.15. The van der Waals surface area contributed by atoms with E-state index in [2.05, 4.69) is 15.3 Å². The molecule has 3 heterocycles. The van der Waals surface area contributed by atoms with Crippen LogP contribution in [0.3, 0.4) is 0 Å². The Morgan fingerprint density at radius 3 is 2.88 bits per heavy atom. The first kappa shape index (κ1) is 14.7. The molecule has 1 saturated carbocycles. The summed E-state index contributed by atoms with van der Waals surface area (Å²) in [5.41, 5.74) is 3.09. The Bertz CT molecular complexity index is 953. The van der Waals surface area contributed by atoms with Crippen LogP contribution in [0.15, 0.2) is 36.8 Å². The fourth-order valence-electron chi connectivity index (χ4n) is 2.69. The summed E-state index contributed by atoms with van der Waals surface area (Å²) in [4.78, 5) is 19.8. The zero-order chi connectivity index (χ0) is 16.8. The van der Waals surface area contributed by atoms with E-state index in [1.165, 1.54) is 12.3 Å². The highest BCUT2D eigenvalue weighted by molar-refractivity contribution is 5.94. The molecule has 0 aliphatic heterocycles. The Morgan fingerprint density at radius 1 is 1.38 bits per heavy atom. The van der Waals surface area contributed by atoms with Gasteiger partial charge in [0.25, 0.3) is 0 Å². The number of aromatic nitrogens is 3. The maximum Gasteiger partial charge on any atom is 0.231 e. The Balaban J connectivity index is 1.64. The highest BCUT2D eigenvalue weighted by atomic mass is 19.1. The van der Waals surface area contributed by atoms with E-state index in [0.717, 1.165) is 16.7 Å². The van der Waals surface area contributed by atoms with Crippen molar-refractivity contribution in [1.82, 2.24) is 14.4 Å². The number of halogens is 2. The van der Waals surface area contributed by atoms with E-state index in [9.17, 15) is 13.6 Å². The van der Waals surface area contributed by atoms with E-state index >= 15 is 0 Å². The van der Waals surface area contributed by atoms with Crippen LogP contribution >= 0.6 is 0 Å². The average Bonchev–Trinajstić information content (AvgIpc) is 3.13. The monoisotopic (exact) mass is 328 g/mol. The minimum Gasteiger partial charge on any atom is -0.309 e. The number of anilines is 1. The first-order chi connectivity index (χ1) is 11.5. The Hall–Kier alpha value is -2.83. The summed E-state index contributed by atoms with van der Waals surface area (Å²) in [6, 6.07) is 5.03. The van der Waals surface area contributed by atoms with Gasteiger partial charge in [-0.15, -0.1) is 0 Å². The molecule has 24 heavy (non-hydrogen) atoms. The molecule has 4 rings (SSSR count). The van der Waals surface area contributed by atoms with E-state index < -0.39 is 18.0 Å². The van der Waals surface area contributed by atoms with Crippen LogP contribution in [0.25, 0.3) is 16.8 Å². The fourth-order valence-corrected chi connectivity index (χ4v) is 2.69. The van der Waals surface area contributed by atoms with Crippen LogP contribution in [0.1, 0.15) is 12.0 Å². The summed E-state index contributed by atoms with van der Waals surface area (Å²) >= 11 is 0. The summed E-state index contributed by atoms with van der Waals surface area (Å²) in [5.74, 6) is -1.04. The standard InChI is InChI=1S/C17H14F2N4O/c1-9-4-14(19)20-6-12(9)10-2-3-16-21-15(8-23(16)7-10)22-17(24)11-5-13(11)18/h2-4,6-8,11,13H,5H2,1H3,(H,22,24)/t11-,13+/m1/s1. The lowest BCUT2D eigenvalue weighted by molar-refractivity contribution is -0.117. The summed E-state index contributed by atoms with van der Waals surface area (Å²) < 4.78 is 27.8. The van der Waals surface area contributed by atoms with Gasteiger partial charge in [-0.2, -0.15) is 4.39 Å². The molecule has 3 aromatic heterocycles. The molecular formula is C17H14F2N4O. The number of nitrogens with one attached hydrogen (secondary N) is 1. The van der Waals surface area contributed by atoms with Crippen molar-refractivity contribution >= 4 is 17.4 Å². The van der Waals surface area contributed by atoms with Gasteiger partial charge in [0.05, 0.1) is 12.1 Å². The number of imidazole rings is 1. The zero-order valence-electron chi connectivity index (χ0n) is 12.8. The van der Waals surface area contributed by atoms with Crippen molar-refractivity contribution in [3.05, 3.63) is 48.3 Å². The molecule has 0 spiro atoms. The zero-order valence-corrected chi connectivity index (χ0v) is 12.8. The van der Waals surface area contributed by atoms with Crippen molar-refractivity contribution in [2.45, 2.75) is 19.5 Å². The van der Waals surface area contributed by atoms with Crippen LogP contribution in [-0.2, 0) is 4.79 Å². The minimum absolute atomic E-state index is 0.278. The number of aryl methyl sites for hydroxylation is 1. The molecule has 1 fully saturated rings. The van der Waals surface area contributed by atoms with Crippen LogP contribution in [0.5, 0.6) is 0 Å². The van der Waals surface area contributed by atoms with Crippen molar-refractivity contribution in [2.75, 3.05) is 5.32 Å². The highest BCUT2D eigenvalue weighted by Crippen LogP contribution is 2.34. The third-order valence-corrected chi connectivity index (χ3v) is 4.14. The maximum absolute atomic E-state index is 13.1. The Labute approximate surface area is 136 Å². The summed E-state index contributed by atoms with van der Waals surface area (Å²) in [6.45, 7) is 1.81. The molecule has 7 heteroatoms. The molecule has 0 radical (unpaired) electrons. The van der Waals surface area contributed by atoms with Crippen molar-refractivity contribution in [2.24, 2.45) is 5.92 Å². The van der Waals surface area contributed by atoms with E-state index in [0.29, 0.717) is 11.5 Å². The average molecular weight is 328 g/mol. The van der Waals surface area contributed by atoms with Gasteiger partial charge in [0, 0.05) is 23.5 Å². The van der Waals surface area contributed by atoms with Crippen molar-refractivity contribution in [3.8, 4) is 11.1 Å². The number of amides is 1. The van der Waals surface area contributed by atoms with Gasteiger partial charge >= 0.3 is 0 Å². The SMILES string of the molecule is Cc1cc(F)ncc1-c1ccc2nc(NC(=O)[C@@H]3C[C@@H]3F)cn2c1. The molecule has 0 aromatic carbocycles. The third kappa shape index (κ3) is 2.62. The van der Waals surface area contributed by atoms with Crippen LogP contribution in [0.2, 0.25) is 0 Å². The molecule has 3 aromatic rings. The molecule has 0 unspecified atom stereocenters. The van der Waals surface area contributed by atoms with E-state index in [1.807, 2.05) is 19.2 Å². The van der Waals surface area contributed by atoms with E-state index in [4.69, 9.17) is 0 Å². The smallest absolute Gasteiger partial charge is 0.231 e.